The van der Waals surface area contributed by atoms with Gasteiger partial charge in [-0.15, -0.1) is 0 Å². The molecule has 3 aromatic rings. The maximum absolute atomic E-state index is 12.3. The predicted octanol–water partition coefficient (Wildman–Crippen LogP) is 3.54. The van der Waals surface area contributed by atoms with Gasteiger partial charge in [0.15, 0.2) is 0 Å². The van der Waals surface area contributed by atoms with E-state index in [1.54, 1.807) is 12.1 Å². The van der Waals surface area contributed by atoms with Gasteiger partial charge in [0.1, 0.15) is 0 Å². The van der Waals surface area contributed by atoms with Gasteiger partial charge in [-0.3, -0.25) is 4.79 Å². The number of imidazole rings is 1. The van der Waals surface area contributed by atoms with Crippen LogP contribution in [-0.2, 0) is 13.6 Å². The number of carbonyl (C=O) groups excluding carboxylic acids is 1. The second-order valence-corrected chi connectivity index (χ2v) is 6.18. The van der Waals surface area contributed by atoms with Crippen LogP contribution in [0.1, 0.15) is 35.9 Å². The zero-order valence-corrected chi connectivity index (χ0v) is 14.1. The van der Waals surface area contributed by atoms with E-state index in [9.17, 15) is 4.79 Å². The number of hydrogen-bond acceptors (Lipinski definition) is 2. The Morgan fingerprint density at radius 3 is 2.78 bits per heavy atom. The van der Waals surface area contributed by atoms with Gasteiger partial charge in [-0.1, -0.05) is 0 Å². The number of benzene rings is 1. The first-order valence-corrected chi connectivity index (χ1v) is 7.91. The van der Waals surface area contributed by atoms with Crippen molar-refractivity contribution in [2.45, 2.75) is 26.4 Å². The fourth-order valence-corrected chi connectivity index (χ4v) is 3.03. The molecule has 0 atom stereocenters. The van der Waals surface area contributed by atoms with Gasteiger partial charge < -0.3 is 14.5 Å². The smallest absolute Gasteiger partial charge is 0.251 e. The molecule has 0 radical (unpaired) electrons. The molecule has 6 heteroatoms. The van der Waals surface area contributed by atoms with E-state index in [-0.39, 0.29) is 11.9 Å². The molecule has 0 fully saturated rings. The highest BCUT2D eigenvalue weighted by Crippen LogP contribution is 2.25. The molecule has 0 aliphatic carbocycles. The maximum Gasteiger partial charge on any atom is 0.251 e. The van der Waals surface area contributed by atoms with Crippen molar-refractivity contribution in [3.63, 3.8) is 0 Å². The van der Waals surface area contributed by atoms with E-state index >= 15 is 0 Å². The lowest BCUT2D eigenvalue weighted by Crippen LogP contribution is -2.23. The zero-order chi connectivity index (χ0) is 16.6. The van der Waals surface area contributed by atoms with Crippen LogP contribution in [-0.4, -0.2) is 20.0 Å². The number of fused-ring (bicyclic) bond motifs is 1. The monoisotopic (exact) mass is 330 g/mol. The number of rotatable bonds is 4. The van der Waals surface area contributed by atoms with Gasteiger partial charge in [0.2, 0.25) is 5.28 Å². The van der Waals surface area contributed by atoms with Crippen LogP contribution in [0.15, 0.2) is 36.5 Å². The summed E-state index contributed by atoms with van der Waals surface area (Å²) in [5.74, 6) is -0.122. The predicted molar refractivity (Wildman–Crippen MR) is 91.7 cm³/mol. The SMILES string of the molecule is CC(C)n1c(Cl)nc2cc(C(=O)NCc3cccn3C)ccc21. The third kappa shape index (κ3) is 2.97. The summed E-state index contributed by atoms with van der Waals surface area (Å²) >= 11 is 6.19. The fourth-order valence-electron chi connectivity index (χ4n) is 2.65. The van der Waals surface area contributed by atoms with Gasteiger partial charge >= 0.3 is 0 Å². The fraction of sp³-hybridized carbons (Fsp3) is 0.294. The van der Waals surface area contributed by atoms with E-state index in [2.05, 4.69) is 10.3 Å². The number of halogens is 1. The Morgan fingerprint density at radius 1 is 1.35 bits per heavy atom. The normalized spacial score (nSPS) is 11.3. The zero-order valence-electron chi connectivity index (χ0n) is 13.4. The molecule has 120 valence electrons. The van der Waals surface area contributed by atoms with Crippen molar-refractivity contribution in [1.82, 2.24) is 19.4 Å². The highest BCUT2D eigenvalue weighted by Gasteiger charge is 2.14. The lowest BCUT2D eigenvalue weighted by atomic mass is 10.2. The van der Waals surface area contributed by atoms with Crippen molar-refractivity contribution in [3.05, 3.63) is 53.1 Å². The third-order valence-electron chi connectivity index (χ3n) is 3.91. The Bertz CT molecular complexity index is 863. The van der Waals surface area contributed by atoms with Gasteiger partial charge in [0.25, 0.3) is 5.91 Å². The molecule has 1 N–H and O–H groups in total. The molecule has 2 heterocycles. The molecule has 0 saturated carbocycles. The number of nitrogens with one attached hydrogen (secondary N) is 1. The lowest BCUT2D eigenvalue weighted by Gasteiger charge is -2.10. The van der Waals surface area contributed by atoms with Crippen LogP contribution in [0.5, 0.6) is 0 Å². The quantitative estimate of drug-likeness (QED) is 0.795. The summed E-state index contributed by atoms with van der Waals surface area (Å²) in [5, 5.41) is 3.36. The molecular weight excluding hydrogens is 312 g/mol. The molecule has 5 nitrogen and oxygen atoms in total. The van der Waals surface area contributed by atoms with E-state index in [1.165, 1.54) is 0 Å². The van der Waals surface area contributed by atoms with E-state index in [0.29, 0.717) is 17.4 Å². The van der Waals surface area contributed by atoms with Gasteiger partial charge in [-0.05, 0) is 55.8 Å². The lowest BCUT2D eigenvalue weighted by molar-refractivity contribution is 0.0950. The summed E-state index contributed by atoms with van der Waals surface area (Å²) in [6.07, 6.45) is 1.95. The van der Waals surface area contributed by atoms with Crippen LogP contribution < -0.4 is 5.32 Å². The minimum absolute atomic E-state index is 0.122. The highest BCUT2D eigenvalue weighted by molar-refractivity contribution is 6.29. The molecule has 0 aliphatic rings. The highest BCUT2D eigenvalue weighted by atomic mass is 35.5. The number of aryl methyl sites for hydroxylation is 1. The second kappa shape index (κ2) is 6.08. The van der Waals surface area contributed by atoms with Crippen LogP contribution >= 0.6 is 11.6 Å². The van der Waals surface area contributed by atoms with Crippen LogP contribution in [0.25, 0.3) is 11.0 Å². The van der Waals surface area contributed by atoms with Gasteiger partial charge in [0.05, 0.1) is 17.6 Å². The topological polar surface area (TPSA) is 51.9 Å². The molecule has 2 aromatic heterocycles. The molecule has 0 aliphatic heterocycles. The van der Waals surface area contributed by atoms with Crippen molar-refractivity contribution >= 4 is 28.5 Å². The number of carbonyl (C=O) groups is 1. The van der Waals surface area contributed by atoms with Crippen LogP contribution in [0.4, 0.5) is 0 Å². The molecular formula is C17H19ClN4O. The Morgan fingerprint density at radius 2 is 2.13 bits per heavy atom. The number of amides is 1. The summed E-state index contributed by atoms with van der Waals surface area (Å²) in [6, 6.07) is 9.62. The van der Waals surface area contributed by atoms with E-state index in [0.717, 1.165) is 16.7 Å². The Balaban J connectivity index is 1.83. The van der Waals surface area contributed by atoms with Crippen LogP contribution in [0, 0.1) is 0 Å². The average molecular weight is 331 g/mol. The van der Waals surface area contributed by atoms with E-state index in [1.807, 2.05) is 54.4 Å². The third-order valence-corrected chi connectivity index (χ3v) is 4.17. The molecule has 1 amide bonds. The summed E-state index contributed by atoms with van der Waals surface area (Å²) in [5.41, 5.74) is 3.29. The molecule has 1 aromatic carbocycles. The van der Waals surface area contributed by atoms with Crippen molar-refractivity contribution in [3.8, 4) is 0 Å². The summed E-state index contributed by atoms with van der Waals surface area (Å²) in [4.78, 5) is 16.7. The summed E-state index contributed by atoms with van der Waals surface area (Å²) in [7, 11) is 1.95. The van der Waals surface area contributed by atoms with E-state index in [4.69, 9.17) is 11.6 Å². The average Bonchev–Trinajstić information content (AvgIpc) is 3.05. The molecule has 0 saturated heterocycles. The Hall–Kier alpha value is -2.27. The first kappa shape index (κ1) is 15.6. The van der Waals surface area contributed by atoms with Gasteiger partial charge in [-0.25, -0.2) is 4.98 Å². The number of hydrogen-bond donors (Lipinski definition) is 1. The second-order valence-electron chi connectivity index (χ2n) is 5.84. The number of nitrogens with zero attached hydrogens (tertiary/aromatic N) is 3. The van der Waals surface area contributed by atoms with Crippen LogP contribution in [0.3, 0.4) is 0 Å². The standard InChI is InChI=1S/C17H19ClN4O/c1-11(2)22-15-7-6-12(9-14(15)20-17(22)18)16(23)19-10-13-5-4-8-21(13)3/h4-9,11H,10H2,1-3H3,(H,19,23). The number of aromatic nitrogens is 3. The van der Waals surface area contributed by atoms with Gasteiger partial charge in [-0.2, -0.15) is 0 Å². The van der Waals surface area contributed by atoms with Crippen molar-refractivity contribution in [2.24, 2.45) is 7.05 Å². The van der Waals surface area contributed by atoms with Crippen molar-refractivity contribution in [1.29, 1.82) is 0 Å². The van der Waals surface area contributed by atoms with Crippen molar-refractivity contribution in [2.75, 3.05) is 0 Å². The first-order chi connectivity index (χ1) is 11.0. The van der Waals surface area contributed by atoms with Crippen LogP contribution in [0.2, 0.25) is 5.28 Å². The Labute approximate surface area is 139 Å². The van der Waals surface area contributed by atoms with Crippen molar-refractivity contribution < 1.29 is 4.79 Å². The molecule has 0 bridgehead atoms. The summed E-state index contributed by atoms with van der Waals surface area (Å²) in [6.45, 7) is 4.59. The minimum atomic E-state index is -0.122. The molecule has 0 spiro atoms. The summed E-state index contributed by atoms with van der Waals surface area (Å²) < 4.78 is 3.93. The Kier molecular flexibility index (Phi) is 4.13. The molecule has 23 heavy (non-hydrogen) atoms. The van der Waals surface area contributed by atoms with E-state index < -0.39 is 0 Å². The van der Waals surface area contributed by atoms with Gasteiger partial charge in [0, 0.05) is 30.5 Å². The molecule has 3 rings (SSSR count). The minimum Gasteiger partial charge on any atom is -0.353 e. The first-order valence-electron chi connectivity index (χ1n) is 7.53. The largest absolute Gasteiger partial charge is 0.353 e. The maximum atomic E-state index is 12.3. The molecule has 0 unspecified atom stereocenters.